The number of thioether (sulfide) groups is 1. The van der Waals surface area contributed by atoms with Gasteiger partial charge in [-0.05, 0) is 25.2 Å². The van der Waals surface area contributed by atoms with Gasteiger partial charge in [0, 0.05) is 23.7 Å². The van der Waals surface area contributed by atoms with E-state index in [9.17, 15) is 0 Å². The van der Waals surface area contributed by atoms with E-state index >= 15 is 0 Å². The molecule has 2 aliphatic heterocycles. The molecule has 0 bridgehead atoms. The Hall–Kier alpha value is 0.300. The monoisotopic (exact) mass is 290 g/mol. The number of halogens is 1. The van der Waals surface area contributed by atoms with Gasteiger partial charge in [-0.2, -0.15) is 0 Å². The summed E-state index contributed by atoms with van der Waals surface area (Å²) in [7, 11) is 0. The van der Waals surface area contributed by atoms with Crippen molar-refractivity contribution in [1.82, 2.24) is 4.90 Å². The molecule has 2 aliphatic rings. The van der Waals surface area contributed by atoms with Crippen LogP contribution in [0.4, 0.5) is 0 Å². The van der Waals surface area contributed by atoms with Crippen LogP contribution in [0.1, 0.15) is 26.2 Å². The van der Waals surface area contributed by atoms with Gasteiger partial charge in [0.15, 0.2) is 5.17 Å². The van der Waals surface area contributed by atoms with Crippen LogP contribution < -0.4 is 0 Å². The second kappa shape index (κ2) is 5.58. The lowest BCUT2D eigenvalue weighted by molar-refractivity contribution is 0.432. The van der Waals surface area contributed by atoms with Crippen molar-refractivity contribution in [2.24, 2.45) is 10.9 Å². The van der Waals surface area contributed by atoms with Gasteiger partial charge in [0.1, 0.15) is 0 Å². The number of hydrogen-bond donors (Lipinski definition) is 0. The summed E-state index contributed by atoms with van der Waals surface area (Å²) < 4.78 is 0. The van der Waals surface area contributed by atoms with Crippen molar-refractivity contribution in [2.45, 2.75) is 31.4 Å². The van der Waals surface area contributed by atoms with Crippen molar-refractivity contribution in [3.63, 3.8) is 0 Å². The molecule has 4 heteroatoms. The Morgan fingerprint density at radius 2 is 2.33 bits per heavy atom. The van der Waals surface area contributed by atoms with Crippen LogP contribution in [0.3, 0.4) is 0 Å². The minimum absolute atomic E-state index is 0.667. The second-order valence-corrected chi connectivity index (χ2v) is 6.46. The van der Waals surface area contributed by atoms with Crippen molar-refractivity contribution >= 4 is 32.9 Å². The molecular formula is C11H19BrN2S. The summed E-state index contributed by atoms with van der Waals surface area (Å²) >= 11 is 5.50. The topological polar surface area (TPSA) is 15.6 Å². The van der Waals surface area contributed by atoms with Crippen molar-refractivity contribution in [3.05, 3.63) is 0 Å². The van der Waals surface area contributed by atoms with E-state index in [1.807, 2.05) is 11.8 Å². The number of nitrogens with zero attached hydrogens (tertiary/aromatic N) is 2. The molecule has 2 heterocycles. The lowest BCUT2D eigenvalue weighted by atomic mass is 10.0. The van der Waals surface area contributed by atoms with Crippen LogP contribution >= 0.6 is 27.7 Å². The third-order valence-electron chi connectivity index (χ3n) is 3.16. The van der Waals surface area contributed by atoms with E-state index in [4.69, 9.17) is 0 Å². The molecule has 0 radical (unpaired) electrons. The predicted molar refractivity (Wildman–Crippen MR) is 72.1 cm³/mol. The van der Waals surface area contributed by atoms with Crippen LogP contribution in [0, 0.1) is 5.92 Å². The van der Waals surface area contributed by atoms with Crippen molar-refractivity contribution in [2.75, 3.05) is 25.0 Å². The Kier molecular flexibility index (Phi) is 4.38. The van der Waals surface area contributed by atoms with Crippen molar-refractivity contribution in [3.8, 4) is 0 Å². The lowest BCUT2D eigenvalue weighted by Crippen LogP contribution is -2.29. The molecule has 0 spiro atoms. The molecule has 86 valence electrons. The molecule has 0 amide bonds. The summed E-state index contributed by atoms with van der Waals surface area (Å²) in [6.07, 6.45) is 4.05. The van der Waals surface area contributed by atoms with E-state index in [1.165, 1.54) is 37.5 Å². The van der Waals surface area contributed by atoms with Gasteiger partial charge < -0.3 is 4.90 Å². The summed E-state index contributed by atoms with van der Waals surface area (Å²) in [5.74, 6) is 0.897. The van der Waals surface area contributed by atoms with Crippen LogP contribution in [0.2, 0.25) is 0 Å². The SMILES string of the molecule is CC1CCCN(C2=NCC(CBr)S2)CC1. The van der Waals surface area contributed by atoms with Crippen LogP contribution in [-0.2, 0) is 0 Å². The fraction of sp³-hybridized carbons (Fsp3) is 0.909. The maximum atomic E-state index is 4.65. The van der Waals surface area contributed by atoms with Crippen LogP contribution in [0.15, 0.2) is 4.99 Å². The zero-order valence-electron chi connectivity index (χ0n) is 9.29. The van der Waals surface area contributed by atoms with Gasteiger partial charge in [-0.15, -0.1) is 0 Å². The average Bonchev–Trinajstić information content (AvgIpc) is 2.62. The molecule has 0 aliphatic carbocycles. The Labute approximate surface area is 105 Å². The third kappa shape index (κ3) is 3.13. The number of rotatable bonds is 1. The number of alkyl halides is 1. The zero-order chi connectivity index (χ0) is 10.7. The molecule has 2 atom stereocenters. The number of amidine groups is 1. The van der Waals surface area contributed by atoms with E-state index in [1.54, 1.807) is 0 Å². The Bertz CT molecular complexity index is 245. The van der Waals surface area contributed by atoms with Crippen LogP contribution in [0.5, 0.6) is 0 Å². The van der Waals surface area contributed by atoms with Gasteiger partial charge in [0.05, 0.1) is 6.54 Å². The van der Waals surface area contributed by atoms with Crippen molar-refractivity contribution in [1.29, 1.82) is 0 Å². The first kappa shape index (κ1) is 11.8. The molecule has 2 rings (SSSR count). The van der Waals surface area contributed by atoms with Gasteiger partial charge in [0.2, 0.25) is 0 Å². The van der Waals surface area contributed by atoms with Gasteiger partial charge in [-0.1, -0.05) is 34.6 Å². The molecule has 1 fully saturated rings. The minimum atomic E-state index is 0.667. The first-order chi connectivity index (χ1) is 7.29. The highest BCUT2D eigenvalue weighted by atomic mass is 79.9. The van der Waals surface area contributed by atoms with Crippen molar-refractivity contribution < 1.29 is 0 Å². The highest BCUT2D eigenvalue weighted by Gasteiger charge is 2.24. The smallest absolute Gasteiger partial charge is 0.159 e. The Balaban J connectivity index is 1.88. The average molecular weight is 291 g/mol. The van der Waals surface area contributed by atoms with E-state index in [-0.39, 0.29) is 0 Å². The second-order valence-electron chi connectivity index (χ2n) is 4.54. The van der Waals surface area contributed by atoms with Gasteiger partial charge >= 0.3 is 0 Å². The first-order valence-electron chi connectivity index (χ1n) is 5.81. The van der Waals surface area contributed by atoms with Gasteiger partial charge in [-0.3, -0.25) is 4.99 Å². The zero-order valence-corrected chi connectivity index (χ0v) is 11.7. The summed E-state index contributed by atoms with van der Waals surface area (Å²) in [5.41, 5.74) is 0. The van der Waals surface area contributed by atoms with Crippen LogP contribution in [-0.4, -0.2) is 40.3 Å². The van der Waals surface area contributed by atoms with Gasteiger partial charge in [0.25, 0.3) is 0 Å². The fourth-order valence-electron chi connectivity index (χ4n) is 2.11. The third-order valence-corrected chi connectivity index (χ3v) is 5.62. The molecule has 0 N–H and O–H groups in total. The van der Waals surface area contributed by atoms with E-state index in [2.05, 4.69) is 32.7 Å². The maximum Gasteiger partial charge on any atom is 0.159 e. The molecule has 0 aromatic carbocycles. The minimum Gasteiger partial charge on any atom is -0.351 e. The molecule has 0 aromatic rings. The molecular weight excluding hydrogens is 272 g/mol. The first-order valence-corrected chi connectivity index (χ1v) is 7.81. The molecule has 0 saturated carbocycles. The molecule has 2 nitrogen and oxygen atoms in total. The normalized spacial score (nSPS) is 32.7. The molecule has 15 heavy (non-hydrogen) atoms. The lowest BCUT2D eigenvalue weighted by Gasteiger charge is -2.22. The highest BCUT2D eigenvalue weighted by Crippen LogP contribution is 2.27. The molecule has 0 aromatic heterocycles. The Morgan fingerprint density at radius 3 is 3.07 bits per heavy atom. The maximum absolute atomic E-state index is 4.65. The predicted octanol–water partition coefficient (Wildman–Crippen LogP) is 2.97. The largest absolute Gasteiger partial charge is 0.351 e. The highest BCUT2D eigenvalue weighted by molar-refractivity contribution is 9.09. The van der Waals surface area contributed by atoms with E-state index in [0.29, 0.717) is 5.25 Å². The number of hydrogen-bond acceptors (Lipinski definition) is 3. The molecule has 1 saturated heterocycles. The quantitative estimate of drug-likeness (QED) is 0.690. The summed E-state index contributed by atoms with van der Waals surface area (Å²) in [6, 6.07) is 0. The van der Waals surface area contributed by atoms with E-state index < -0.39 is 0 Å². The Morgan fingerprint density at radius 1 is 1.47 bits per heavy atom. The summed E-state index contributed by atoms with van der Waals surface area (Å²) in [6.45, 7) is 5.79. The standard InChI is InChI=1S/C11H19BrN2S/c1-9-3-2-5-14(6-4-9)11-13-8-10(7-12)15-11/h9-10H,2-8H2,1H3. The molecule has 2 unspecified atom stereocenters. The number of aliphatic imine (C=N–C) groups is 1. The summed E-state index contributed by atoms with van der Waals surface area (Å²) in [5, 5.41) is 3.03. The summed E-state index contributed by atoms with van der Waals surface area (Å²) in [4.78, 5) is 7.15. The van der Waals surface area contributed by atoms with Gasteiger partial charge in [-0.25, -0.2) is 0 Å². The fourth-order valence-corrected chi connectivity index (χ4v) is 3.70. The number of likely N-dealkylation sites (tertiary alicyclic amines) is 1. The van der Waals surface area contributed by atoms with E-state index in [0.717, 1.165) is 17.8 Å². The van der Waals surface area contributed by atoms with Crippen LogP contribution in [0.25, 0.3) is 0 Å².